The van der Waals surface area contributed by atoms with Crippen molar-refractivity contribution >= 4 is 6.29 Å². The predicted octanol–water partition coefficient (Wildman–Crippen LogP) is 2.30. The minimum Gasteiger partial charge on any atom is -0.376 e. The predicted molar refractivity (Wildman–Crippen MR) is 52.0 cm³/mol. The third-order valence-corrected chi connectivity index (χ3v) is 2.42. The van der Waals surface area contributed by atoms with Gasteiger partial charge >= 0.3 is 16.8 Å². The molecule has 2 rings (SSSR count). The van der Waals surface area contributed by atoms with Gasteiger partial charge < -0.3 is 11.2 Å². The first-order valence-corrected chi connectivity index (χ1v) is 4.69. The summed E-state index contributed by atoms with van der Waals surface area (Å²) >= 11 is 0. The summed E-state index contributed by atoms with van der Waals surface area (Å²) in [7, 11) is 0. The van der Waals surface area contributed by atoms with E-state index in [-0.39, 0.29) is 16.8 Å². The van der Waals surface area contributed by atoms with Gasteiger partial charge in [-0.15, -0.1) is 12.1 Å². The van der Waals surface area contributed by atoms with Crippen molar-refractivity contribution in [3.63, 3.8) is 0 Å². The molecule has 0 spiro atoms. The second-order valence-corrected chi connectivity index (χ2v) is 3.54. The summed E-state index contributed by atoms with van der Waals surface area (Å²) in [4.78, 5) is 10.5. The molecule has 1 saturated carbocycles. The van der Waals surface area contributed by atoms with E-state index in [1.165, 1.54) is 12.8 Å². The average Bonchev–Trinajstić information content (AvgIpc) is 2.99. The smallest absolute Gasteiger partial charge is 0.376 e. The van der Waals surface area contributed by atoms with E-state index in [4.69, 9.17) is 0 Å². The summed E-state index contributed by atoms with van der Waals surface area (Å²) in [6.07, 6.45) is 7.84. The molecular weight excluding hydrogens is 219 g/mol. The van der Waals surface area contributed by atoms with E-state index >= 15 is 0 Å². The zero-order valence-electron chi connectivity index (χ0n) is 7.83. The molecule has 1 fully saturated rings. The monoisotopic (exact) mass is 231 g/mol. The largest absolute Gasteiger partial charge is 2.00 e. The molecule has 14 heavy (non-hydrogen) atoms. The van der Waals surface area contributed by atoms with E-state index in [0.717, 1.165) is 17.9 Å². The number of hydrogen-bond acceptors (Lipinski definition) is 1. The van der Waals surface area contributed by atoms with Crippen LogP contribution in [-0.2, 0) is 28.0 Å². The van der Waals surface area contributed by atoms with Crippen LogP contribution in [0.2, 0.25) is 0 Å². The Balaban J connectivity index is 0.000000980. The van der Waals surface area contributed by atoms with Crippen LogP contribution in [0.1, 0.15) is 24.0 Å². The Bertz CT molecular complexity index is 305. The van der Waals surface area contributed by atoms with Crippen molar-refractivity contribution in [2.75, 3.05) is 0 Å². The van der Waals surface area contributed by atoms with Crippen molar-refractivity contribution in [2.24, 2.45) is 5.92 Å². The summed E-state index contributed by atoms with van der Waals surface area (Å²) in [6, 6.07) is 7.67. The van der Waals surface area contributed by atoms with Crippen LogP contribution in [0.5, 0.6) is 0 Å². The van der Waals surface area contributed by atoms with Gasteiger partial charge in [0, 0.05) is 0 Å². The van der Waals surface area contributed by atoms with Crippen molar-refractivity contribution in [1.82, 2.24) is 0 Å². The van der Waals surface area contributed by atoms with E-state index in [9.17, 15) is 4.79 Å². The van der Waals surface area contributed by atoms with Crippen LogP contribution in [-0.4, -0.2) is 6.29 Å². The Labute approximate surface area is 95.1 Å². The molecular formula is C12H12CoO. The summed E-state index contributed by atoms with van der Waals surface area (Å²) in [5.41, 5.74) is 1.81. The molecule has 0 saturated heterocycles. The second-order valence-electron chi connectivity index (χ2n) is 3.54. The number of benzene rings is 1. The molecule has 1 aromatic carbocycles. The third kappa shape index (κ3) is 2.96. The van der Waals surface area contributed by atoms with E-state index in [2.05, 4.69) is 6.42 Å². The molecule has 0 aliphatic heterocycles. The molecule has 1 aliphatic rings. The Morgan fingerprint density at radius 1 is 1.36 bits per heavy atom. The second kappa shape index (κ2) is 5.32. The van der Waals surface area contributed by atoms with Gasteiger partial charge in [-0.2, -0.15) is 23.1 Å². The topological polar surface area (TPSA) is 17.1 Å². The van der Waals surface area contributed by atoms with Crippen LogP contribution in [0.3, 0.4) is 0 Å². The molecule has 1 radical (unpaired) electrons. The summed E-state index contributed by atoms with van der Waals surface area (Å²) in [5.74, 6) is 0.805. The first-order valence-electron chi connectivity index (χ1n) is 4.69. The number of hydrogen-bond donors (Lipinski definition) is 0. The molecule has 0 unspecified atom stereocenters. The molecule has 75 valence electrons. The normalized spacial score (nSPS) is 14.6. The van der Waals surface area contributed by atoms with Crippen LogP contribution in [0.15, 0.2) is 24.3 Å². The van der Waals surface area contributed by atoms with Crippen LogP contribution < -0.4 is 0 Å². The van der Waals surface area contributed by atoms with Crippen molar-refractivity contribution < 1.29 is 21.6 Å². The minimum atomic E-state index is 0. The van der Waals surface area contributed by atoms with Gasteiger partial charge in [0.15, 0.2) is 0 Å². The van der Waals surface area contributed by atoms with Gasteiger partial charge in [0.1, 0.15) is 0 Å². The zero-order valence-corrected chi connectivity index (χ0v) is 8.87. The quantitative estimate of drug-likeness (QED) is 0.726. The van der Waals surface area contributed by atoms with Crippen LogP contribution >= 0.6 is 0 Å². The minimum absolute atomic E-state index is 0. The van der Waals surface area contributed by atoms with Gasteiger partial charge in [-0.05, 0) is 0 Å². The Kier molecular flexibility index (Phi) is 4.36. The van der Waals surface area contributed by atoms with Gasteiger partial charge in [0.25, 0.3) is 0 Å². The van der Waals surface area contributed by atoms with E-state index in [0.29, 0.717) is 5.56 Å². The SMILES string of the molecule is O=[C-]c1ccccc1C[CH-]C1CC1.[Co+2]. The van der Waals surface area contributed by atoms with Crippen LogP contribution in [0, 0.1) is 12.3 Å². The maximum absolute atomic E-state index is 10.5. The van der Waals surface area contributed by atoms with Gasteiger partial charge in [0.05, 0.1) is 6.29 Å². The van der Waals surface area contributed by atoms with Gasteiger partial charge in [-0.25, -0.2) is 6.42 Å². The molecule has 0 bridgehead atoms. The average molecular weight is 231 g/mol. The van der Waals surface area contributed by atoms with Crippen molar-refractivity contribution in [1.29, 1.82) is 0 Å². The fraction of sp³-hybridized carbons (Fsp3) is 0.333. The first kappa shape index (κ1) is 11.5. The Hall–Kier alpha value is -0.604. The van der Waals surface area contributed by atoms with E-state index in [1.807, 2.05) is 30.6 Å². The van der Waals surface area contributed by atoms with Crippen LogP contribution in [0.25, 0.3) is 0 Å². The number of carbonyl (C=O) groups excluding carboxylic acids is 1. The molecule has 2 heteroatoms. The van der Waals surface area contributed by atoms with Gasteiger partial charge in [-0.3, -0.25) is 0 Å². The Morgan fingerprint density at radius 3 is 2.71 bits per heavy atom. The Morgan fingerprint density at radius 2 is 2.07 bits per heavy atom. The zero-order chi connectivity index (χ0) is 9.10. The molecule has 1 aliphatic carbocycles. The molecule has 0 heterocycles. The molecule has 1 aromatic rings. The van der Waals surface area contributed by atoms with Gasteiger partial charge in [0.2, 0.25) is 0 Å². The summed E-state index contributed by atoms with van der Waals surface area (Å²) < 4.78 is 0. The maximum atomic E-state index is 10.5. The fourth-order valence-corrected chi connectivity index (χ4v) is 1.42. The molecule has 1 nitrogen and oxygen atoms in total. The van der Waals surface area contributed by atoms with Crippen LogP contribution in [0.4, 0.5) is 0 Å². The summed E-state index contributed by atoms with van der Waals surface area (Å²) in [5, 5.41) is 0. The molecule has 0 amide bonds. The van der Waals surface area contributed by atoms with Crippen molar-refractivity contribution in [3.8, 4) is 0 Å². The van der Waals surface area contributed by atoms with Crippen molar-refractivity contribution in [2.45, 2.75) is 19.3 Å². The first-order chi connectivity index (χ1) is 6.40. The third-order valence-electron chi connectivity index (χ3n) is 2.42. The van der Waals surface area contributed by atoms with Crippen molar-refractivity contribution in [3.05, 3.63) is 41.8 Å². The summed E-state index contributed by atoms with van der Waals surface area (Å²) in [6.45, 7) is 0. The molecule has 0 atom stereocenters. The van der Waals surface area contributed by atoms with E-state index < -0.39 is 0 Å². The molecule has 0 N–H and O–H groups in total. The standard InChI is InChI=1S/C12H12O.Co/c13-9-12-4-2-1-3-11(12)8-7-10-5-6-10;/h1-4,7,10H,5-6,8H2;/q-2;+2. The maximum Gasteiger partial charge on any atom is 2.00 e. The van der Waals surface area contributed by atoms with Gasteiger partial charge in [-0.1, -0.05) is 18.9 Å². The van der Waals surface area contributed by atoms with E-state index in [1.54, 1.807) is 0 Å². The molecule has 0 aromatic heterocycles. The number of rotatable bonds is 4. The fourth-order valence-electron chi connectivity index (χ4n) is 1.42.